The van der Waals surface area contributed by atoms with Gasteiger partial charge < -0.3 is 5.32 Å². The van der Waals surface area contributed by atoms with Gasteiger partial charge in [0.1, 0.15) is 5.56 Å². The van der Waals surface area contributed by atoms with Crippen LogP contribution in [-0.4, -0.2) is 22.7 Å². The van der Waals surface area contributed by atoms with E-state index in [-0.39, 0.29) is 17.2 Å². The number of nitro benzene ring substituents is 1. The quantitative estimate of drug-likeness (QED) is 0.380. The van der Waals surface area contributed by atoms with E-state index in [1.54, 1.807) is 19.1 Å². The van der Waals surface area contributed by atoms with Crippen LogP contribution < -0.4 is 5.32 Å². The van der Waals surface area contributed by atoms with Crippen molar-refractivity contribution in [2.24, 2.45) is 0 Å². The molecular formula is C12H15BrN2O3. The van der Waals surface area contributed by atoms with Gasteiger partial charge in [-0.25, -0.2) is 0 Å². The van der Waals surface area contributed by atoms with Gasteiger partial charge >= 0.3 is 0 Å². The van der Waals surface area contributed by atoms with Crippen molar-refractivity contribution in [1.29, 1.82) is 0 Å². The molecule has 0 saturated heterocycles. The van der Waals surface area contributed by atoms with Crippen LogP contribution in [-0.2, 0) is 0 Å². The van der Waals surface area contributed by atoms with Gasteiger partial charge in [-0.3, -0.25) is 14.9 Å². The van der Waals surface area contributed by atoms with Gasteiger partial charge in [0.15, 0.2) is 0 Å². The first-order valence-electron chi connectivity index (χ1n) is 5.66. The zero-order valence-corrected chi connectivity index (χ0v) is 11.7. The Morgan fingerprint density at radius 1 is 1.44 bits per heavy atom. The number of nitro groups is 1. The van der Waals surface area contributed by atoms with Crippen LogP contribution in [0.1, 0.15) is 28.8 Å². The predicted octanol–water partition coefficient (Wildman–Crippen LogP) is 2.81. The summed E-state index contributed by atoms with van der Waals surface area (Å²) < 4.78 is 0. The summed E-state index contributed by atoms with van der Waals surface area (Å²) in [5.41, 5.74) is 0.502. The van der Waals surface area contributed by atoms with Crippen molar-refractivity contribution in [2.45, 2.75) is 19.8 Å². The molecule has 5 nitrogen and oxygen atoms in total. The average Bonchev–Trinajstić information content (AvgIpc) is 2.33. The third-order valence-electron chi connectivity index (χ3n) is 2.51. The summed E-state index contributed by atoms with van der Waals surface area (Å²) in [7, 11) is 0. The fourth-order valence-electron chi connectivity index (χ4n) is 1.60. The third-order valence-corrected chi connectivity index (χ3v) is 3.07. The number of alkyl halides is 1. The zero-order valence-electron chi connectivity index (χ0n) is 10.1. The van der Waals surface area contributed by atoms with Crippen LogP contribution in [0.3, 0.4) is 0 Å². The van der Waals surface area contributed by atoms with Crippen LogP contribution in [0.4, 0.5) is 5.69 Å². The summed E-state index contributed by atoms with van der Waals surface area (Å²) in [5.74, 6) is -0.389. The Balaban J connectivity index is 2.79. The van der Waals surface area contributed by atoms with Crippen molar-refractivity contribution in [3.05, 3.63) is 39.4 Å². The number of unbranched alkanes of at least 4 members (excludes halogenated alkanes) is 1. The highest BCUT2D eigenvalue weighted by Crippen LogP contribution is 2.22. The van der Waals surface area contributed by atoms with E-state index in [0.29, 0.717) is 12.1 Å². The number of hydrogen-bond acceptors (Lipinski definition) is 3. The molecule has 0 radical (unpaired) electrons. The summed E-state index contributed by atoms with van der Waals surface area (Å²) in [6, 6.07) is 4.75. The third kappa shape index (κ3) is 3.80. The molecule has 0 aromatic heterocycles. The number of halogens is 1. The monoisotopic (exact) mass is 314 g/mol. The molecule has 0 aliphatic heterocycles. The van der Waals surface area contributed by atoms with Crippen LogP contribution >= 0.6 is 15.9 Å². The van der Waals surface area contributed by atoms with Gasteiger partial charge in [-0.1, -0.05) is 28.1 Å². The molecule has 0 aliphatic carbocycles. The number of rotatable bonds is 6. The highest BCUT2D eigenvalue weighted by atomic mass is 79.9. The van der Waals surface area contributed by atoms with E-state index in [0.717, 1.165) is 18.2 Å². The predicted molar refractivity (Wildman–Crippen MR) is 73.2 cm³/mol. The molecule has 0 saturated carbocycles. The minimum absolute atomic E-state index is 0.115. The second-order valence-electron chi connectivity index (χ2n) is 3.88. The molecule has 1 rings (SSSR count). The lowest BCUT2D eigenvalue weighted by Crippen LogP contribution is -2.25. The lowest BCUT2D eigenvalue weighted by molar-refractivity contribution is -0.385. The highest BCUT2D eigenvalue weighted by molar-refractivity contribution is 9.09. The molecule has 0 atom stereocenters. The second-order valence-corrected chi connectivity index (χ2v) is 4.67. The molecule has 98 valence electrons. The Morgan fingerprint density at radius 2 is 2.17 bits per heavy atom. The molecule has 0 heterocycles. The summed E-state index contributed by atoms with van der Waals surface area (Å²) >= 11 is 3.30. The second kappa shape index (κ2) is 7.10. The first-order valence-corrected chi connectivity index (χ1v) is 6.78. The van der Waals surface area contributed by atoms with E-state index >= 15 is 0 Å². The Labute approximate surface area is 114 Å². The van der Waals surface area contributed by atoms with Crippen molar-refractivity contribution in [1.82, 2.24) is 5.32 Å². The van der Waals surface area contributed by atoms with Crippen molar-refractivity contribution < 1.29 is 9.72 Å². The summed E-state index contributed by atoms with van der Waals surface area (Å²) in [6.45, 7) is 2.15. The van der Waals surface area contributed by atoms with Crippen molar-refractivity contribution >= 4 is 27.5 Å². The van der Waals surface area contributed by atoms with Crippen molar-refractivity contribution in [3.63, 3.8) is 0 Å². The van der Waals surface area contributed by atoms with Gasteiger partial charge in [-0.15, -0.1) is 0 Å². The molecule has 1 aromatic rings. The van der Waals surface area contributed by atoms with Gasteiger partial charge in [0.05, 0.1) is 4.92 Å². The van der Waals surface area contributed by atoms with Gasteiger partial charge in [0.25, 0.3) is 11.6 Å². The molecule has 0 aliphatic rings. The van der Waals surface area contributed by atoms with Crippen LogP contribution in [0.5, 0.6) is 0 Å². The average molecular weight is 315 g/mol. The molecule has 1 aromatic carbocycles. The Bertz CT molecular complexity index is 449. The number of nitrogens with one attached hydrogen (secondary N) is 1. The van der Waals surface area contributed by atoms with Crippen LogP contribution in [0.25, 0.3) is 0 Å². The topological polar surface area (TPSA) is 72.2 Å². The molecule has 0 spiro atoms. The number of amides is 1. The molecule has 1 N–H and O–H groups in total. The first-order chi connectivity index (χ1) is 8.57. The van der Waals surface area contributed by atoms with Crippen molar-refractivity contribution in [2.75, 3.05) is 11.9 Å². The minimum atomic E-state index is -0.511. The summed E-state index contributed by atoms with van der Waals surface area (Å²) in [4.78, 5) is 22.3. The van der Waals surface area contributed by atoms with E-state index in [4.69, 9.17) is 0 Å². The van der Waals surface area contributed by atoms with E-state index in [2.05, 4.69) is 21.2 Å². The Morgan fingerprint density at radius 3 is 2.78 bits per heavy atom. The van der Waals surface area contributed by atoms with Gasteiger partial charge in [-0.2, -0.15) is 0 Å². The SMILES string of the molecule is Cc1cccc(C(=O)NCCCCBr)c1[N+](=O)[O-]. The number of nitrogens with zero attached hydrogens (tertiary/aromatic N) is 1. The van der Waals surface area contributed by atoms with E-state index in [9.17, 15) is 14.9 Å². The largest absolute Gasteiger partial charge is 0.352 e. The number of carbonyl (C=O) groups is 1. The smallest absolute Gasteiger partial charge is 0.285 e. The number of hydrogen-bond donors (Lipinski definition) is 1. The molecule has 0 fully saturated rings. The number of para-hydroxylation sites is 1. The highest BCUT2D eigenvalue weighted by Gasteiger charge is 2.21. The van der Waals surface area contributed by atoms with Crippen LogP contribution in [0.15, 0.2) is 18.2 Å². The molecule has 1 amide bonds. The lowest BCUT2D eigenvalue weighted by atomic mass is 10.1. The number of carbonyl (C=O) groups excluding carboxylic acids is 1. The standard InChI is InChI=1S/C12H15BrN2O3/c1-9-5-4-6-10(11(9)15(17)18)12(16)14-8-3-2-7-13/h4-6H,2-3,7-8H2,1H3,(H,14,16). The maximum atomic E-state index is 11.9. The summed E-state index contributed by atoms with van der Waals surface area (Å²) in [6.07, 6.45) is 1.80. The van der Waals surface area contributed by atoms with Crippen molar-refractivity contribution in [3.8, 4) is 0 Å². The van der Waals surface area contributed by atoms with E-state index in [1.807, 2.05) is 0 Å². The Kier molecular flexibility index (Phi) is 5.77. The van der Waals surface area contributed by atoms with Crippen LogP contribution in [0.2, 0.25) is 0 Å². The van der Waals surface area contributed by atoms with Crippen LogP contribution in [0, 0.1) is 17.0 Å². The van der Waals surface area contributed by atoms with Gasteiger partial charge in [0, 0.05) is 17.4 Å². The normalized spacial score (nSPS) is 10.1. The number of benzene rings is 1. The zero-order chi connectivity index (χ0) is 13.5. The maximum absolute atomic E-state index is 11.9. The number of aryl methyl sites for hydroxylation is 1. The van der Waals surface area contributed by atoms with E-state index < -0.39 is 4.92 Å². The fraction of sp³-hybridized carbons (Fsp3) is 0.417. The minimum Gasteiger partial charge on any atom is -0.352 e. The van der Waals surface area contributed by atoms with Gasteiger partial charge in [-0.05, 0) is 25.8 Å². The first kappa shape index (κ1) is 14.6. The molecule has 0 bridgehead atoms. The molecule has 6 heteroatoms. The Hall–Kier alpha value is -1.43. The molecule has 0 unspecified atom stereocenters. The molecule has 18 heavy (non-hydrogen) atoms. The van der Waals surface area contributed by atoms with E-state index in [1.165, 1.54) is 6.07 Å². The fourth-order valence-corrected chi connectivity index (χ4v) is 2.00. The summed E-state index contributed by atoms with van der Waals surface area (Å²) in [5, 5.41) is 14.5. The maximum Gasteiger partial charge on any atom is 0.285 e. The lowest BCUT2D eigenvalue weighted by Gasteiger charge is -2.06. The van der Waals surface area contributed by atoms with Gasteiger partial charge in [0.2, 0.25) is 0 Å². The molecular weight excluding hydrogens is 300 g/mol.